The average Bonchev–Trinajstić information content (AvgIpc) is 2.38. The Balaban J connectivity index is 2.12. The number of carbonyl (C=O) groups excluding carboxylic acids is 1. The molecular weight excluding hydrogens is 216 g/mol. The molecule has 5 nitrogen and oxygen atoms in total. The van der Waals surface area contributed by atoms with Crippen molar-refractivity contribution < 1.29 is 4.79 Å². The zero-order valence-corrected chi connectivity index (χ0v) is 9.13. The molecule has 0 aliphatic rings. The number of nitrogens with zero attached hydrogens (tertiary/aromatic N) is 2. The number of amides is 1. The number of rotatable bonds is 4. The summed E-state index contributed by atoms with van der Waals surface area (Å²) in [5.41, 5.74) is 6.67. The number of hydrogen-bond acceptors (Lipinski definition) is 4. The van der Waals surface area contributed by atoms with E-state index in [9.17, 15) is 4.79 Å². The maximum absolute atomic E-state index is 11.1. The van der Waals surface area contributed by atoms with Crippen molar-refractivity contribution in [3.05, 3.63) is 53.7 Å². The standard InChI is InChI=1S/C12H12N4O/c13-11(17)10-6-7-15-16-12(10)14-8-9-4-2-1-3-5-9/h1-7H,8H2,(H2,13,17)(H,14,16). The Bertz CT molecular complexity index is 513. The van der Waals surface area contributed by atoms with Gasteiger partial charge >= 0.3 is 0 Å². The van der Waals surface area contributed by atoms with Gasteiger partial charge in [0.1, 0.15) is 0 Å². The summed E-state index contributed by atoms with van der Waals surface area (Å²) >= 11 is 0. The predicted molar refractivity (Wildman–Crippen MR) is 64.3 cm³/mol. The first kappa shape index (κ1) is 11.1. The van der Waals surface area contributed by atoms with Gasteiger partial charge in [-0.3, -0.25) is 4.79 Å². The van der Waals surface area contributed by atoms with Gasteiger partial charge in [0.25, 0.3) is 5.91 Å². The number of anilines is 1. The number of nitrogens with two attached hydrogens (primary N) is 1. The molecule has 1 amide bonds. The van der Waals surface area contributed by atoms with Crippen LogP contribution in [-0.2, 0) is 6.54 Å². The molecule has 17 heavy (non-hydrogen) atoms. The largest absolute Gasteiger partial charge is 0.365 e. The summed E-state index contributed by atoms with van der Waals surface area (Å²) in [4.78, 5) is 11.1. The minimum atomic E-state index is -0.518. The van der Waals surface area contributed by atoms with Crippen LogP contribution in [0.4, 0.5) is 5.82 Å². The monoisotopic (exact) mass is 228 g/mol. The van der Waals surface area contributed by atoms with Gasteiger partial charge in [0.05, 0.1) is 11.8 Å². The maximum Gasteiger partial charge on any atom is 0.252 e. The minimum Gasteiger partial charge on any atom is -0.365 e. The van der Waals surface area contributed by atoms with E-state index in [0.29, 0.717) is 17.9 Å². The molecule has 1 heterocycles. The molecule has 3 N–H and O–H groups in total. The molecule has 0 radical (unpaired) electrons. The maximum atomic E-state index is 11.1. The van der Waals surface area contributed by atoms with Gasteiger partial charge in [0, 0.05) is 6.54 Å². The Hall–Kier alpha value is -2.43. The average molecular weight is 228 g/mol. The van der Waals surface area contributed by atoms with Gasteiger partial charge in [-0.05, 0) is 11.6 Å². The highest BCUT2D eigenvalue weighted by Gasteiger charge is 2.08. The van der Waals surface area contributed by atoms with Gasteiger partial charge in [-0.1, -0.05) is 30.3 Å². The van der Waals surface area contributed by atoms with Crippen molar-refractivity contribution in [1.82, 2.24) is 10.2 Å². The van der Waals surface area contributed by atoms with Crippen LogP contribution in [0, 0.1) is 0 Å². The van der Waals surface area contributed by atoms with Crippen LogP contribution in [0.5, 0.6) is 0 Å². The highest BCUT2D eigenvalue weighted by molar-refractivity contribution is 5.97. The van der Waals surface area contributed by atoms with Gasteiger partial charge in [0.15, 0.2) is 5.82 Å². The van der Waals surface area contributed by atoms with E-state index in [0.717, 1.165) is 5.56 Å². The molecule has 2 rings (SSSR count). The summed E-state index contributed by atoms with van der Waals surface area (Å²) in [6, 6.07) is 11.3. The van der Waals surface area contributed by atoms with E-state index in [2.05, 4.69) is 15.5 Å². The second-order valence-corrected chi connectivity index (χ2v) is 3.50. The fourth-order valence-electron chi connectivity index (χ4n) is 1.44. The molecule has 5 heteroatoms. The highest BCUT2D eigenvalue weighted by atomic mass is 16.1. The fourth-order valence-corrected chi connectivity index (χ4v) is 1.44. The lowest BCUT2D eigenvalue weighted by molar-refractivity contribution is 0.100. The first-order valence-electron chi connectivity index (χ1n) is 5.16. The zero-order valence-electron chi connectivity index (χ0n) is 9.13. The van der Waals surface area contributed by atoms with Gasteiger partial charge in [0.2, 0.25) is 0 Å². The highest BCUT2D eigenvalue weighted by Crippen LogP contribution is 2.10. The smallest absolute Gasteiger partial charge is 0.252 e. The summed E-state index contributed by atoms with van der Waals surface area (Å²) in [6.45, 7) is 0.569. The number of hydrogen-bond donors (Lipinski definition) is 2. The van der Waals surface area contributed by atoms with Crippen LogP contribution in [0.1, 0.15) is 15.9 Å². The molecule has 2 aromatic rings. The van der Waals surface area contributed by atoms with E-state index in [4.69, 9.17) is 5.73 Å². The van der Waals surface area contributed by atoms with Crippen LogP contribution >= 0.6 is 0 Å². The topological polar surface area (TPSA) is 80.9 Å². The van der Waals surface area contributed by atoms with Crippen LogP contribution < -0.4 is 11.1 Å². The van der Waals surface area contributed by atoms with Gasteiger partial charge < -0.3 is 11.1 Å². The van der Waals surface area contributed by atoms with Crippen molar-refractivity contribution in [3.63, 3.8) is 0 Å². The second-order valence-electron chi connectivity index (χ2n) is 3.50. The number of aromatic nitrogens is 2. The number of carbonyl (C=O) groups is 1. The zero-order chi connectivity index (χ0) is 12.1. The molecule has 0 atom stereocenters. The molecule has 0 aliphatic heterocycles. The van der Waals surface area contributed by atoms with E-state index < -0.39 is 5.91 Å². The molecule has 0 unspecified atom stereocenters. The molecule has 86 valence electrons. The summed E-state index contributed by atoms with van der Waals surface area (Å²) in [5.74, 6) is -0.112. The second kappa shape index (κ2) is 5.07. The molecule has 0 bridgehead atoms. The molecule has 0 spiro atoms. The Morgan fingerprint density at radius 1 is 1.24 bits per heavy atom. The van der Waals surface area contributed by atoms with Crippen molar-refractivity contribution in [1.29, 1.82) is 0 Å². The number of nitrogens with one attached hydrogen (secondary N) is 1. The van der Waals surface area contributed by atoms with E-state index in [1.165, 1.54) is 6.20 Å². The van der Waals surface area contributed by atoms with Crippen molar-refractivity contribution in [3.8, 4) is 0 Å². The van der Waals surface area contributed by atoms with Crippen molar-refractivity contribution in [2.24, 2.45) is 5.73 Å². The lowest BCUT2D eigenvalue weighted by Gasteiger charge is -2.07. The predicted octanol–water partition coefficient (Wildman–Crippen LogP) is 1.19. The van der Waals surface area contributed by atoms with Crippen molar-refractivity contribution >= 4 is 11.7 Å². The molecule has 0 aliphatic carbocycles. The summed E-state index contributed by atoms with van der Waals surface area (Å²) in [6.07, 6.45) is 1.44. The Kier molecular flexibility index (Phi) is 3.30. The van der Waals surface area contributed by atoms with Gasteiger partial charge in [-0.2, -0.15) is 5.10 Å². The third kappa shape index (κ3) is 2.78. The molecule has 0 fully saturated rings. The number of benzene rings is 1. The SMILES string of the molecule is NC(=O)c1ccnnc1NCc1ccccc1. The van der Waals surface area contributed by atoms with E-state index >= 15 is 0 Å². The first-order chi connectivity index (χ1) is 8.27. The van der Waals surface area contributed by atoms with Crippen LogP contribution in [0.2, 0.25) is 0 Å². The lowest BCUT2D eigenvalue weighted by Crippen LogP contribution is -2.15. The van der Waals surface area contributed by atoms with Crippen LogP contribution in [0.15, 0.2) is 42.6 Å². The Morgan fingerprint density at radius 3 is 2.71 bits per heavy atom. The number of primary amides is 1. The first-order valence-corrected chi connectivity index (χ1v) is 5.16. The lowest BCUT2D eigenvalue weighted by atomic mass is 10.2. The summed E-state index contributed by atoms with van der Waals surface area (Å²) in [5, 5.41) is 10.6. The normalized spacial score (nSPS) is 9.88. The molecule has 1 aromatic heterocycles. The van der Waals surface area contributed by atoms with E-state index in [-0.39, 0.29) is 0 Å². The van der Waals surface area contributed by atoms with Crippen LogP contribution in [0.3, 0.4) is 0 Å². The minimum absolute atomic E-state index is 0.343. The molecule has 1 aromatic carbocycles. The summed E-state index contributed by atoms with van der Waals surface area (Å²) < 4.78 is 0. The van der Waals surface area contributed by atoms with E-state index in [1.807, 2.05) is 30.3 Å². The van der Waals surface area contributed by atoms with Crippen molar-refractivity contribution in [2.75, 3.05) is 5.32 Å². The third-order valence-electron chi connectivity index (χ3n) is 2.29. The van der Waals surface area contributed by atoms with Gasteiger partial charge in [-0.15, -0.1) is 5.10 Å². The Labute approximate surface area is 98.7 Å². The van der Waals surface area contributed by atoms with Crippen LogP contribution in [0.25, 0.3) is 0 Å². The van der Waals surface area contributed by atoms with E-state index in [1.54, 1.807) is 6.07 Å². The fraction of sp³-hybridized carbons (Fsp3) is 0.0833. The van der Waals surface area contributed by atoms with Crippen LogP contribution in [-0.4, -0.2) is 16.1 Å². The Morgan fingerprint density at radius 2 is 2.00 bits per heavy atom. The van der Waals surface area contributed by atoms with Gasteiger partial charge in [-0.25, -0.2) is 0 Å². The quantitative estimate of drug-likeness (QED) is 0.823. The molecular formula is C12H12N4O. The molecule has 0 saturated carbocycles. The van der Waals surface area contributed by atoms with Crippen molar-refractivity contribution in [2.45, 2.75) is 6.54 Å². The summed E-state index contributed by atoms with van der Waals surface area (Å²) in [7, 11) is 0. The third-order valence-corrected chi connectivity index (χ3v) is 2.29. The molecule has 0 saturated heterocycles.